The molecule has 0 saturated carbocycles. The fourth-order valence-corrected chi connectivity index (χ4v) is 13.0. The summed E-state index contributed by atoms with van der Waals surface area (Å²) in [6, 6.07) is 34.2. The van der Waals surface area contributed by atoms with Crippen molar-refractivity contribution >= 4 is 45.7 Å². The first-order valence-electron chi connectivity index (χ1n) is 18.1. The van der Waals surface area contributed by atoms with Crippen molar-refractivity contribution in [3.8, 4) is 17.4 Å². The van der Waals surface area contributed by atoms with Crippen LogP contribution in [0.15, 0.2) is 126 Å². The van der Waals surface area contributed by atoms with E-state index < -0.39 is 36.2 Å². The molecule has 0 saturated heterocycles. The molecule has 0 fully saturated rings. The summed E-state index contributed by atoms with van der Waals surface area (Å²) in [6.45, 7) is 10.8. The molecule has 2 aromatic heterocycles. The van der Waals surface area contributed by atoms with Crippen LogP contribution in [0.1, 0.15) is 56.5 Å². The number of esters is 1. The number of carbonyl (C=O) groups excluding carboxylic acids is 1. The van der Waals surface area contributed by atoms with E-state index in [1.54, 1.807) is 43.3 Å². The lowest BCUT2D eigenvalue weighted by atomic mass is 10.2. The zero-order valence-corrected chi connectivity index (χ0v) is 33.6. The van der Waals surface area contributed by atoms with Crippen LogP contribution in [0.3, 0.4) is 0 Å². The predicted molar refractivity (Wildman–Crippen MR) is 214 cm³/mol. The molecule has 6 rings (SSSR count). The largest absolute Gasteiger partial charge is 0.472 e. The molecule has 0 N–H and O–H groups in total. The molecular weight excluding hydrogens is 736 g/mol. The standard InChI is InChI=1S/C43H45FN2O7SSi/c1-30-16-13-14-22-39(30)54(48,49)46-26-25-32-28-38(53-37-29-33(44)23-24-36(37)42(47)50-6)41(45-40(32)46)52-31(2)17-15-27-51-55(43(3,4)5,34-18-9-7-10-19-34)35-20-11-8-12-21-35/h7-14,16,18-26,28-29,31H,15,17,27H2,1-6H3. The summed E-state index contributed by atoms with van der Waals surface area (Å²) in [6.07, 6.45) is 2.16. The number of methoxy groups -OCH3 is 1. The van der Waals surface area contributed by atoms with Crippen molar-refractivity contribution in [2.75, 3.05) is 13.7 Å². The Hall–Kier alpha value is -5.30. The number of hydrogen-bond acceptors (Lipinski definition) is 8. The Balaban J connectivity index is 1.32. The van der Waals surface area contributed by atoms with E-state index in [4.69, 9.17) is 23.6 Å². The van der Waals surface area contributed by atoms with Gasteiger partial charge < -0.3 is 18.6 Å². The molecule has 0 amide bonds. The fourth-order valence-electron chi connectivity index (χ4n) is 6.89. The van der Waals surface area contributed by atoms with Crippen molar-refractivity contribution in [3.05, 3.63) is 138 Å². The predicted octanol–water partition coefficient (Wildman–Crippen LogP) is 8.42. The van der Waals surface area contributed by atoms with Crippen LogP contribution in [0.4, 0.5) is 4.39 Å². The number of pyridine rings is 1. The number of aromatic nitrogens is 2. The van der Waals surface area contributed by atoms with Crippen LogP contribution >= 0.6 is 0 Å². The smallest absolute Gasteiger partial charge is 0.341 e. The number of aryl methyl sites for hydroxylation is 1. The second kappa shape index (κ2) is 16.2. The monoisotopic (exact) mass is 780 g/mol. The quantitative estimate of drug-likeness (QED) is 0.0617. The van der Waals surface area contributed by atoms with Crippen LogP contribution in [-0.4, -0.2) is 51.5 Å². The van der Waals surface area contributed by atoms with Crippen molar-refractivity contribution < 1.29 is 36.2 Å². The van der Waals surface area contributed by atoms with Gasteiger partial charge in [-0.25, -0.2) is 21.6 Å². The molecule has 286 valence electrons. The summed E-state index contributed by atoms with van der Waals surface area (Å²) in [7, 11) is -5.59. The minimum Gasteiger partial charge on any atom is -0.472 e. The van der Waals surface area contributed by atoms with E-state index in [0.29, 0.717) is 30.4 Å². The number of halogens is 1. The highest BCUT2D eigenvalue weighted by molar-refractivity contribution is 7.90. The van der Waals surface area contributed by atoms with Gasteiger partial charge in [0.05, 0.1) is 18.1 Å². The maximum absolute atomic E-state index is 14.5. The Morgan fingerprint density at radius 3 is 2.13 bits per heavy atom. The summed E-state index contributed by atoms with van der Waals surface area (Å²) in [4.78, 5) is 17.4. The van der Waals surface area contributed by atoms with Gasteiger partial charge in [-0.3, -0.25) is 0 Å². The van der Waals surface area contributed by atoms with E-state index in [2.05, 4.69) is 69.3 Å². The van der Waals surface area contributed by atoms with Crippen molar-refractivity contribution in [3.63, 3.8) is 0 Å². The number of fused-ring (bicyclic) bond motifs is 1. The Labute approximate surface area is 322 Å². The average molecular weight is 781 g/mol. The van der Waals surface area contributed by atoms with E-state index >= 15 is 0 Å². The SMILES string of the molecule is COC(=O)c1ccc(F)cc1Oc1cc2ccn(S(=O)(=O)c3ccccc3C)c2nc1OC(C)CCCO[Si](c1ccccc1)(c1ccccc1)C(C)(C)C. The van der Waals surface area contributed by atoms with E-state index in [1.165, 1.54) is 29.7 Å². The minimum absolute atomic E-state index is 0.0109. The minimum atomic E-state index is -4.05. The fraction of sp³-hybridized carbons (Fsp3) is 0.256. The van der Waals surface area contributed by atoms with Crippen LogP contribution in [0, 0.1) is 12.7 Å². The summed E-state index contributed by atoms with van der Waals surface area (Å²) < 4.78 is 68.0. The number of benzene rings is 4. The zero-order chi connectivity index (χ0) is 39.4. The maximum Gasteiger partial charge on any atom is 0.341 e. The van der Waals surface area contributed by atoms with Crippen LogP contribution in [0.5, 0.6) is 17.4 Å². The molecule has 55 heavy (non-hydrogen) atoms. The lowest BCUT2D eigenvalue weighted by Crippen LogP contribution is -2.66. The van der Waals surface area contributed by atoms with Gasteiger partial charge in [-0.05, 0) is 78.0 Å². The second-order valence-corrected chi connectivity index (χ2v) is 20.5. The van der Waals surface area contributed by atoms with Crippen molar-refractivity contribution in [1.29, 1.82) is 0 Å². The highest BCUT2D eigenvalue weighted by Crippen LogP contribution is 2.39. The molecule has 1 atom stereocenters. The third-order valence-corrected chi connectivity index (χ3v) is 16.4. The van der Waals surface area contributed by atoms with Crippen LogP contribution in [0.25, 0.3) is 11.0 Å². The summed E-state index contributed by atoms with van der Waals surface area (Å²) >= 11 is 0. The Bertz CT molecular complexity index is 2360. The van der Waals surface area contributed by atoms with Gasteiger partial charge in [0.25, 0.3) is 24.2 Å². The van der Waals surface area contributed by atoms with E-state index in [-0.39, 0.29) is 38.5 Å². The van der Waals surface area contributed by atoms with Crippen LogP contribution in [-0.2, 0) is 19.2 Å². The highest BCUT2D eigenvalue weighted by Gasteiger charge is 2.50. The number of nitrogens with zero attached hydrogens (tertiary/aromatic N) is 2. The van der Waals surface area contributed by atoms with E-state index in [0.717, 1.165) is 16.1 Å². The molecule has 0 radical (unpaired) electrons. The molecule has 2 heterocycles. The molecule has 0 spiro atoms. The number of rotatable bonds is 14. The van der Waals surface area contributed by atoms with Gasteiger partial charge in [0.15, 0.2) is 11.4 Å². The Morgan fingerprint density at radius 2 is 1.51 bits per heavy atom. The maximum atomic E-state index is 14.5. The first-order valence-corrected chi connectivity index (χ1v) is 21.4. The Morgan fingerprint density at radius 1 is 0.873 bits per heavy atom. The molecule has 4 aromatic carbocycles. The lowest BCUT2D eigenvalue weighted by Gasteiger charge is -2.43. The first kappa shape index (κ1) is 39.4. The molecule has 0 aliphatic rings. The van der Waals surface area contributed by atoms with Crippen molar-refractivity contribution in [2.24, 2.45) is 0 Å². The van der Waals surface area contributed by atoms with E-state index in [9.17, 15) is 17.6 Å². The summed E-state index contributed by atoms with van der Waals surface area (Å²) in [5.41, 5.74) is 0.680. The molecular formula is C43H45FN2O7SSi. The number of ether oxygens (including phenoxy) is 3. The van der Waals surface area contributed by atoms with Crippen molar-refractivity contribution in [1.82, 2.24) is 8.96 Å². The van der Waals surface area contributed by atoms with Gasteiger partial charge in [-0.1, -0.05) is 99.6 Å². The van der Waals surface area contributed by atoms with Gasteiger partial charge in [0, 0.05) is 24.3 Å². The molecule has 0 bridgehead atoms. The number of hydrogen-bond donors (Lipinski definition) is 0. The zero-order valence-electron chi connectivity index (χ0n) is 31.8. The van der Waals surface area contributed by atoms with Gasteiger partial charge >= 0.3 is 5.97 Å². The molecule has 9 nitrogen and oxygen atoms in total. The van der Waals surface area contributed by atoms with Gasteiger partial charge in [0.1, 0.15) is 17.1 Å². The van der Waals surface area contributed by atoms with Gasteiger partial charge in [-0.15, -0.1) is 0 Å². The third-order valence-electron chi connectivity index (χ3n) is 9.56. The highest BCUT2D eigenvalue weighted by atomic mass is 32.2. The van der Waals surface area contributed by atoms with Gasteiger partial charge in [-0.2, -0.15) is 4.98 Å². The second-order valence-electron chi connectivity index (χ2n) is 14.4. The summed E-state index contributed by atoms with van der Waals surface area (Å²) in [5.74, 6) is -1.45. The molecule has 6 aromatic rings. The summed E-state index contributed by atoms with van der Waals surface area (Å²) in [5, 5.41) is 2.60. The first-order chi connectivity index (χ1) is 26.3. The average Bonchev–Trinajstić information content (AvgIpc) is 3.58. The molecule has 0 aliphatic carbocycles. The van der Waals surface area contributed by atoms with Gasteiger partial charge in [0.2, 0.25) is 0 Å². The number of carbonyl (C=O) groups is 1. The van der Waals surface area contributed by atoms with Crippen molar-refractivity contribution in [2.45, 2.75) is 63.5 Å². The lowest BCUT2D eigenvalue weighted by molar-refractivity contribution is 0.0597. The van der Waals surface area contributed by atoms with E-state index in [1.807, 2.05) is 19.1 Å². The molecule has 1 unspecified atom stereocenters. The molecule has 12 heteroatoms. The molecule has 0 aliphatic heterocycles. The van der Waals surface area contributed by atoms with Crippen LogP contribution in [0.2, 0.25) is 5.04 Å². The third kappa shape index (κ3) is 8.07. The van der Waals surface area contributed by atoms with Crippen LogP contribution < -0.4 is 19.8 Å². The normalized spacial score (nSPS) is 12.7. The topological polar surface area (TPSA) is 106 Å². The Kier molecular flexibility index (Phi) is 11.6.